The third-order valence-electron chi connectivity index (χ3n) is 5.92. The zero-order valence-electron chi connectivity index (χ0n) is 20.3. The fourth-order valence-corrected chi connectivity index (χ4v) is 5.42. The molecule has 0 bridgehead atoms. The van der Waals surface area contributed by atoms with Crippen LogP contribution in [0, 0.1) is 0 Å². The third-order valence-corrected chi connectivity index (χ3v) is 7.75. The van der Waals surface area contributed by atoms with E-state index in [0.717, 1.165) is 24.2 Å². The Kier molecular flexibility index (Phi) is 7.62. The molecule has 0 unspecified atom stereocenters. The number of pyridine rings is 1. The van der Waals surface area contributed by atoms with Crippen LogP contribution in [0.1, 0.15) is 11.3 Å². The quantitative estimate of drug-likeness (QED) is 0.437. The van der Waals surface area contributed by atoms with E-state index < -0.39 is 7.14 Å². The smallest absolute Gasteiger partial charge is 0.274 e. The third kappa shape index (κ3) is 5.76. The van der Waals surface area contributed by atoms with Gasteiger partial charge in [0, 0.05) is 37.7 Å². The Labute approximate surface area is 209 Å². The van der Waals surface area contributed by atoms with E-state index in [9.17, 15) is 9.36 Å². The lowest BCUT2D eigenvalue weighted by molar-refractivity contribution is 0.182. The number of hydrogen-bond acceptors (Lipinski definition) is 8. The molecule has 0 fully saturated rings. The molecule has 0 radical (unpaired) electrons. The minimum Gasteiger partial charge on any atom is -0.383 e. The second-order valence-electron chi connectivity index (χ2n) is 8.98. The zero-order chi connectivity index (χ0) is 25.2. The molecule has 2 aromatic heterocycles. The Morgan fingerprint density at radius 1 is 1.20 bits per heavy atom. The average Bonchev–Trinajstić information content (AvgIpc) is 2.81. The number of para-hydroxylation sites is 1. The Morgan fingerprint density at radius 3 is 2.71 bits per heavy atom. The van der Waals surface area contributed by atoms with Crippen molar-refractivity contribution in [2.75, 3.05) is 51.3 Å². The summed E-state index contributed by atoms with van der Waals surface area (Å²) in [4.78, 5) is 24.3. The molecule has 1 aliphatic rings. The largest absolute Gasteiger partial charge is 0.383 e. The highest BCUT2D eigenvalue weighted by molar-refractivity contribution is 7.70. The summed E-state index contributed by atoms with van der Waals surface area (Å²) in [5, 5.41) is 7.27. The van der Waals surface area contributed by atoms with E-state index in [1.165, 1.54) is 6.20 Å². The first-order valence-electron chi connectivity index (χ1n) is 11.3. The monoisotopic (exact) mass is 516 g/mol. The van der Waals surface area contributed by atoms with Crippen molar-refractivity contribution in [2.45, 2.75) is 19.5 Å². The second kappa shape index (κ2) is 10.5. The summed E-state index contributed by atoms with van der Waals surface area (Å²) in [5.41, 5.74) is 3.01. The van der Waals surface area contributed by atoms with E-state index in [4.69, 9.17) is 16.3 Å². The minimum atomic E-state index is -2.53. The standard InChI is InChI=1S/C24H30ClN6O3P/c1-30-10-9-16-13-19(23(32)31(11-12-34-2)20(16)15-30)28-24-26-14-17(25)22(29-24)27-18-7-5-6-8-21(18)35(3,4)33/h5-8,13-14H,9-12,15H2,1-4H3,(H2,26,27,28,29). The van der Waals surface area contributed by atoms with Crippen LogP contribution >= 0.6 is 18.7 Å². The van der Waals surface area contributed by atoms with Gasteiger partial charge >= 0.3 is 0 Å². The fraction of sp³-hybridized carbons (Fsp3) is 0.375. The second-order valence-corrected chi connectivity index (χ2v) is 12.6. The summed E-state index contributed by atoms with van der Waals surface area (Å²) >= 11 is 6.37. The van der Waals surface area contributed by atoms with Crippen LogP contribution in [0.3, 0.4) is 0 Å². The average molecular weight is 517 g/mol. The van der Waals surface area contributed by atoms with Gasteiger partial charge in [0.2, 0.25) is 5.95 Å². The number of nitrogens with one attached hydrogen (secondary N) is 2. The maximum absolute atomic E-state index is 13.4. The van der Waals surface area contributed by atoms with Crippen LogP contribution in [0.15, 0.2) is 41.3 Å². The summed E-state index contributed by atoms with van der Waals surface area (Å²) in [6.45, 7) is 5.94. The summed E-state index contributed by atoms with van der Waals surface area (Å²) in [6.07, 6.45) is 2.31. The van der Waals surface area contributed by atoms with Gasteiger partial charge < -0.3 is 29.4 Å². The molecule has 0 saturated heterocycles. The molecule has 1 aliphatic heterocycles. The van der Waals surface area contributed by atoms with Gasteiger partial charge in [-0.05, 0) is 50.6 Å². The molecule has 4 rings (SSSR count). The van der Waals surface area contributed by atoms with Crippen molar-refractivity contribution in [1.29, 1.82) is 0 Å². The number of halogens is 1. The highest BCUT2D eigenvalue weighted by atomic mass is 35.5. The number of methoxy groups -OCH3 is 1. The molecule has 0 atom stereocenters. The molecule has 2 N–H and O–H groups in total. The van der Waals surface area contributed by atoms with Gasteiger partial charge in [0.25, 0.3) is 5.56 Å². The zero-order valence-corrected chi connectivity index (χ0v) is 22.0. The number of ether oxygens (including phenoxy) is 1. The Balaban J connectivity index is 1.68. The van der Waals surface area contributed by atoms with Crippen molar-refractivity contribution >= 4 is 47.2 Å². The van der Waals surface area contributed by atoms with E-state index in [1.807, 2.05) is 37.4 Å². The maximum Gasteiger partial charge on any atom is 0.274 e. The van der Waals surface area contributed by atoms with Crippen molar-refractivity contribution in [3.05, 3.63) is 63.2 Å². The van der Waals surface area contributed by atoms with Crippen LogP contribution in [0.25, 0.3) is 0 Å². The predicted octanol–water partition coefficient (Wildman–Crippen LogP) is 3.66. The van der Waals surface area contributed by atoms with E-state index in [-0.39, 0.29) is 11.5 Å². The predicted molar refractivity (Wildman–Crippen MR) is 142 cm³/mol. The molecule has 0 amide bonds. The van der Waals surface area contributed by atoms with Crippen LogP contribution in [0.4, 0.5) is 23.1 Å². The van der Waals surface area contributed by atoms with Crippen molar-refractivity contribution in [2.24, 2.45) is 0 Å². The van der Waals surface area contributed by atoms with Gasteiger partial charge in [0.05, 0.1) is 18.5 Å². The number of hydrogen-bond donors (Lipinski definition) is 2. The number of rotatable bonds is 8. The summed E-state index contributed by atoms with van der Waals surface area (Å²) in [6, 6.07) is 9.23. The van der Waals surface area contributed by atoms with E-state index >= 15 is 0 Å². The van der Waals surface area contributed by atoms with Crippen molar-refractivity contribution < 1.29 is 9.30 Å². The number of nitrogens with zero attached hydrogens (tertiary/aromatic N) is 4. The molecule has 0 spiro atoms. The lowest BCUT2D eigenvalue weighted by Crippen LogP contribution is -2.36. The molecule has 11 heteroatoms. The topological polar surface area (TPSA) is 101 Å². The Morgan fingerprint density at radius 2 is 1.97 bits per heavy atom. The number of anilines is 4. The molecule has 1 aromatic carbocycles. The SMILES string of the molecule is COCCn1c2c(cc(Nc3ncc(Cl)c(Nc4ccccc4P(C)(C)=O)n3)c1=O)CCN(C)C2. The first-order chi connectivity index (χ1) is 16.7. The fourth-order valence-electron chi connectivity index (χ4n) is 4.13. The Hall–Kier alpha value is -2.71. The molecular weight excluding hydrogens is 487 g/mol. The molecule has 9 nitrogen and oxygen atoms in total. The molecule has 35 heavy (non-hydrogen) atoms. The van der Waals surface area contributed by atoms with Crippen LogP contribution in [-0.4, -0.2) is 60.1 Å². The lowest BCUT2D eigenvalue weighted by Gasteiger charge is -2.28. The van der Waals surface area contributed by atoms with Gasteiger partial charge in [-0.3, -0.25) is 4.79 Å². The van der Waals surface area contributed by atoms with Crippen LogP contribution in [0.2, 0.25) is 5.02 Å². The lowest BCUT2D eigenvalue weighted by atomic mass is 10.0. The van der Waals surface area contributed by atoms with E-state index in [0.29, 0.717) is 47.2 Å². The number of likely N-dealkylation sites (N-methyl/N-ethyl adjacent to an activating group) is 1. The number of benzene rings is 1. The number of aromatic nitrogens is 3. The van der Waals surface area contributed by atoms with Gasteiger partial charge in [-0.25, -0.2) is 4.98 Å². The van der Waals surface area contributed by atoms with Crippen LogP contribution in [-0.2, 0) is 28.8 Å². The summed E-state index contributed by atoms with van der Waals surface area (Å²) in [5.74, 6) is 0.582. The molecular formula is C24H30ClN6O3P. The molecule has 186 valence electrons. The van der Waals surface area contributed by atoms with Crippen molar-refractivity contribution in [1.82, 2.24) is 19.4 Å². The minimum absolute atomic E-state index is 0.160. The number of fused-ring (bicyclic) bond motifs is 1. The van der Waals surface area contributed by atoms with Gasteiger partial charge in [-0.2, -0.15) is 4.98 Å². The molecule has 0 saturated carbocycles. The summed E-state index contributed by atoms with van der Waals surface area (Å²) in [7, 11) is 1.13. The van der Waals surface area contributed by atoms with E-state index in [2.05, 4.69) is 25.5 Å². The van der Waals surface area contributed by atoms with Gasteiger partial charge in [-0.1, -0.05) is 23.7 Å². The highest BCUT2D eigenvalue weighted by Crippen LogP contribution is 2.38. The van der Waals surface area contributed by atoms with Gasteiger partial charge in [0.15, 0.2) is 5.82 Å². The maximum atomic E-state index is 13.4. The molecule has 3 aromatic rings. The van der Waals surface area contributed by atoms with E-state index in [1.54, 1.807) is 25.0 Å². The first kappa shape index (κ1) is 25.4. The highest BCUT2D eigenvalue weighted by Gasteiger charge is 2.21. The normalized spacial score (nSPS) is 14.0. The van der Waals surface area contributed by atoms with Gasteiger partial charge in [-0.15, -0.1) is 0 Å². The van der Waals surface area contributed by atoms with Crippen LogP contribution < -0.4 is 21.5 Å². The molecule has 0 aliphatic carbocycles. The first-order valence-corrected chi connectivity index (χ1v) is 14.3. The van der Waals surface area contributed by atoms with Crippen molar-refractivity contribution in [3.8, 4) is 0 Å². The Bertz CT molecular complexity index is 1340. The van der Waals surface area contributed by atoms with Crippen molar-refractivity contribution in [3.63, 3.8) is 0 Å². The summed E-state index contributed by atoms with van der Waals surface area (Å²) < 4.78 is 19.7. The molecule has 3 heterocycles. The van der Waals surface area contributed by atoms with Crippen LogP contribution in [0.5, 0.6) is 0 Å². The van der Waals surface area contributed by atoms with Gasteiger partial charge in [0.1, 0.15) is 17.9 Å².